The quantitative estimate of drug-likeness (QED) is 0.767. The fourth-order valence-electron chi connectivity index (χ4n) is 2.59. The molecule has 1 aliphatic rings. The summed E-state index contributed by atoms with van der Waals surface area (Å²) in [7, 11) is 0. The van der Waals surface area contributed by atoms with Crippen LogP contribution in [-0.2, 0) is 5.88 Å². The van der Waals surface area contributed by atoms with Gasteiger partial charge in [0.15, 0.2) is 0 Å². The molecule has 1 aromatic rings. The summed E-state index contributed by atoms with van der Waals surface area (Å²) in [6.07, 6.45) is 0. The van der Waals surface area contributed by atoms with Crippen LogP contribution in [0.15, 0.2) is 18.2 Å². The highest BCUT2D eigenvalue weighted by Gasteiger charge is 2.26. The zero-order chi connectivity index (χ0) is 14.0. The van der Waals surface area contributed by atoms with Crippen LogP contribution >= 0.6 is 11.6 Å². The van der Waals surface area contributed by atoms with E-state index in [1.54, 1.807) is 6.07 Å². The first-order valence-corrected chi connectivity index (χ1v) is 7.29. The van der Waals surface area contributed by atoms with Crippen molar-refractivity contribution in [1.29, 1.82) is 0 Å². The maximum absolute atomic E-state index is 13.2. The Kier molecular flexibility index (Phi) is 4.36. The van der Waals surface area contributed by atoms with Crippen LogP contribution in [0.1, 0.15) is 26.3 Å². The summed E-state index contributed by atoms with van der Waals surface area (Å²) in [6, 6.07) is 4.90. The molecule has 0 N–H and O–H groups in total. The van der Waals surface area contributed by atoms with E-state index in [1.807, 2.05) is 6.07 Å². The zero-order valence-corrected chi connectivity index (χ0v) is 12.7. The smallest absolute Gasteiger partial charge is 0.123 e. The minimum absolute atomic E-state index is 0.213. The van der Waals surface area contributed by atoms with Gasteiger partial charge in [0.1, 0.15) is 5.82 Å². The van der Waals surface area contributed by atoms with Gasteiger partial charge in [-0.2, -0.15) is 0 Å². The van der Waals surface area contributed by atoms with E-state index in [-0.39, 0.29) is 11.4 Å². The van der Waals surface area contributed by atoms with Gasteiger partial charge in [-0.3, -0.25) is 4.90 Å². The highest BCUT2D eigenvalue weighted by molar-refractivity contribution is 6.17. The average Bonchev–Trinajstić information content (AvgIpc) is 2.37. The maximum atomic E-state index is 13.2. The van der Waals surface area contributed by atoms with Crippen molar-refractivity contribution in [3.05, 3.63) is 29.6 Å². The van der Waals surface area contributed by atoms with Crippen LogP contribution in [0.4, 0.5) is 10.1 Å². The molecule has 0 atom stereocenters. The van der Waals surface area contributed by atoms with E-state index < -0.39 is 0 Å². The Morgan fingerprint density at radius 1 is 1.16 bits per heavy atom. The van der Waals surface area contributed by atoms with E-state index in [1.165, 1.54) is 6.07 Å². The molecule has 0 saturated carbocycles. The average molecular weight is 285 g/mol. The summed E-state index contributed by atoms with van der Waals surface area (Å²) >= 11 is 5.92. The number of alkyl halides is 1. The third-order valence-electron chi connectivity index (χ3n) is 3.75. The van der Waals surface area contributed by atoms with Gasteiger partial charge in [0.05, 0.1) is 0 Å². The monoisotopic (exact) mass is 284 g/mol. The second-order valence-electron chi connectivity index (χ2n) is 6.05. The lowest BCUT2D eigenvalue weighted by molar-refractivity contribution is 0.128. The summed E-state index contributed by atoms with van der Waals surface area (Å²) in [4.78, 5) is 4.78. The molecule has 0 unspecified atom stereocenters. The van der Waals surface area contributed by atoms with Crippen LogP contribution in [0.2, 0.25) is 0 Å². The largest absolute Gasteiger partial charge is 0.369 e. The first kappa shape index (κ1) is 14.6. The lowest BCUT2D eigenvalue weighted by Crippen LogP contribution is -2.53. The van der Waals surface area contributed by atoms with Crippen molar-refractivity contribution in [2.45, 2.75) is 32.2 Å². The van der Waals surface area contributed by atoms with Gasteiger partial charge >= 0.3 is 0 Å². The minimum Gasteiger partial charge on any atom is -0.369 e. The zero-order valence-electron chi connectivity index (χ0n) is 11.9. The van der Waals surface area contributed by atoms with E-state index >= 15 is 0 Å². The topological polar surface area (TPSA) is 6.48 Å². The molecule has 1 aromatic carbocycles. The molecular formula is C15H22ClFN2. The standard InChI is InChI=1S/C15H22ClFN2/c1-15(2,3)19-8-6-18(7-9-19)14-5-4-13(17)10-12(14)11-16/h4-5,10H,6-9,11H2,1-3H3. The van der Waals surface area contributed by atoms with Gasteiger partial charge in [-0.1, -0.05) is 0 Å². The van der Waals surface area contributed by atoms with Gasteiger partial charge < -0.3 is 4.90 Å². The molecule has 2 nitrogen and oxygen atoms in total. The van der Waals surface area contributed by atoms with E-state index in [9.17, 15) is 4.39 Å². The van der Waals surface area contributed by atoms with Gasteiger partial charge in [0, 0.05) is 43.3 Å². The summed E-state index contributed by atoms with van der Waals surface area (Å²) in [5.74, 6) is 0.139. The van der Waals surface area contributed by atoms with E-state index in [4.69, 9.17) is 11.6 Å². The first-order chi connectivity index (χ1) is 8.91. The van der Waals surface area contributed by atoms with Crippen LogP contribution in [0, 0.1) is 5.82 Å². The molecule has 1 heterocycles. The Balaban J connectivity index is 2.10. The van der Waals surface area contributed by atoms with Crippen molar-refractivity contribution < 1.29 is 4.39 Å². The van der Waals surface area contributed by atoms with E-state index in [0.717, 1.165) is 37.4 Å². The maximum Gasteiger partial charge on any atom is 0.123 e. The van der Waals surface area contributed by atoms with E-state index in [0.29, 0.717) is 5.88 Å². The molecule has 4 heteroatoms. The third kappa shape index (κ3) is 3.40. The van der Waals surface area contributed by atoms with Gasteiger partial charge in [-0.05, 0) is 44.5 Å². The molecule has 0 aromatic heterocycles. The molecule has 1 aliphatic heterocycles. The molecule has 2 rings (SSSR count). The van der Waals surface area contributed by atoms with Crippen LogP contribution in [0.5, 0.6) is 0 Å². The number of benzene rings is 1. The fourth-order valence-corrected chi connectivity index (χ4v) is 2.80. The SMILES string of the molecule is CC(C)(C)N1CCN(c2ccc(F)cc2CCl)CC1. The van der Waals surface area contributed by atoms with Crippen molar-refractivity contribution in [2.24, 2.45) is 0 Å². The molecular weight excluding hydrogens is 263 g/mol. The lowest BCUT2D eigenvalue weighted by Gasteiger charge is -2.43. The Labute approximate surface area is 120 Å². The van der Waals surface area contributed by atoms with Crippen molar-refractivity contribution >= 4 is 17.3 Å². The molecule has 19 heavy (non-hydrogen) atoms. The molecule has 0 bridgehead atoms. The summed E-state index contributed by atoms with van der Waals surface area (Å²) in [5.41, 5.74) is 2.17. The fraction of sp³-hybridized carbons (Fsp3) is 0.600. The van der Waals surface area contributed by atoms with Crippen molar-refractivity contribution in [3.63, 3.8) is 0 Å². The lowest BCUT2D eigenvalue weighted by atomic mass is 10.0. The first-order valence-electron chi connectivity index (χ1n) is 6.76. The summed E-state index contributed by atoms with van der Waals surface area (Å²) in [5, 5.41) is 0. The number of hydrogen-bond acceptors (Lipinski definition) is 2. The summed E-state index contributed by atoms with van der Waals surface area (Å²) in [6.45, 7) is 10.7. The molecule has 0 spiro atoms. The van der Waals surface area contributed by atoms with Crippen LogP contribution in [0.25, 0.3) is 0 Å². The van der Waals surface area contributed by atoms with Crippen molar-refractivity contribution in [3.8, 4) is 0 Å². The number of anilines is 1. The van der Waals surface area contributed by atoms with Gasteiger partial charge in [-0.15, -0.1) is 11.6 Å². The van der Waals surface area contributed by atoms with Crippen LogP contribution < -0.4 is 4.90 Å². The Bertz CT molecular complexity index is 434. The predicted molar refractivity (Wildman–Crippen MR) is 79.5 cm³/mol. The molecule has 0 radical (unpaired) electrons. The van der Waals surface area contributed by atoms with Crippen LogP contribution in [0.3, 0.4) is 0 Å². The Morgan fingerprint density at radius 2 is 1.79 bits per heavy atom. The number of hydrogen-bond donors (Lipinski definition) is 0. The molecule has 1 saturated heterocycles. The number of halogens is 2. The van der Waals surface area contributed by atoms with Gasteiger partial charge in [-0.25, -0.2) is 4.39 Å². The Hall–Kier alpha value is -0.800. The van der Waals surface area contributed by atoms with E-state index in [2.05, 4.69) is 30.6 Å². The minimum atomic E-state index is -0.215. The number of piperazine rings is 1. The van der Waals surface area contributed by atoms with Crippen LogP contribution in [-0.4, -0.2) is 36.6 Å². The van der Waals surface area contributed by atoms with Gasteiger partial charge in [0.2, 0.25) is 0 Å². The normalized spacial score (nSPS) is 17.8. The number of rotatable bonds is 2. The molecule has 0 amide bonds. The predicted octanol–water partition coefficient (Wildman–Crippen LogP) is 3.49. The molecule has 106 valence electrons. The second-order valence-corrected chi connectivity index (χ2v) is 6.32. The highest BCUT2D eigenvalue weighted by Crippen LogP contribution is 2.26. The summed E-state index contributed by atoms with van der Waals surface area (Å²) < 4.78 is 13.2. The second kappa shape index (κ2) is 5.68. The van der Waals surface area contributed by atoms with Crippen molar-refractivity contribution in [2.75, 3.05) is 31.1 Å². The number of nitrogens with zero attached hydrogens (tertiary/aromatic N) is 2. The molecule has 0 aliphatic carbocycles. The third-order valence-corrected chi connectivity index (χ3v) is 4.04. The van der Waals surface area contributed by atoms with Crippen molar-refractivity contribution in [1.82, 2.24) is 4.90 Å². The molecule has 1 fully saturated rings. The van der Waals surface area contributed by atoms with Gasteiger partial charge in [0.25, 0.3) is 0 Å². The highest BCUT2D eigenvalue weighted by atomic mass is 35.5. The Morgan fingerprint density at radius 3 is 2.32 bits per heavy atom.